The lowest BCUT2D eigenvalue weighted by molar-refractivity contribution is -0.121. The van der Waals surface area contributed by atoms with E-state index in [1.165, 1.54) is 0 Å². The lowest BCUT2D eigenvalue weighted by atomic mass is 9.83. The van der Waals surface area contributed by atoms with E-state index in [-0.39, 0.29) is 29.1 Å². The molecule has 36 heavy (non-hydrogen) atoms. The normalized spacial score (nSPS) is 18.9. The summed E-state index contributed by atoms with van der Waals surface area (Å²) >= 11 is 0. The number of anilines is 1. The van der Waals surface area contributed by atoms with Gasteiger partial charge in [-0.05, 0) is 46.1 Å². The molecule has 1 aliphatic carbocycles. The molecule has 1 aromatic heterocycles. The number of nitrogens with one attached hydrogen (secondary N) is 3. The minimum atomic E-state index is -1.71. The topological polar surface area (TPSA) is 99.3 Å². The molecule has 1 unspecified atom stereocenters. The van der Waals surface area contributed by atoms with Crippen LogP contribution in [0.15, 0.2) is 30.3 Å². The summed E-state index contributed by atoms with van der Waals surface area (Å²) in [6.45, 7) is 15.5. The van der Waals surface area contributed by atoms with Crippen molar-refractivity contribution in [3.63, 3.8) is 0 Å². The molecule has 1 saturated carbocycles. The van der Waals surface area contributed by atoms with Crippen LogP contribution in [0, 0.1) is 0 Å². The van der Waals surface area contributed by atoms with Gasteiger partial charge in [-0.25, -0.2) is 4.79 Å². The molecular formula is C27H41N5O3Si. The third kappa shape index (κ3) is 4.70. The van der Waals surface area contributed by atoms with Crippen LogP contribution in [0.1, 0.15) is 69.8 Å². The highest BCUT2D eigenvalue weighted by Gasteiger charge is 2.54. The van der Waals surface area contributed by atoms with E-state index < -0.39 is 13.6 Å². The molecule has 2 aliphatic rings. The summed E-state index contributed by atoms with van der Waals surface area (Å²) in [5, 5.41) is 13.7. The van der Waals surface area contributed by atoms with E-state index in [0.717, 1.165) is 36.1 Å². The number of benzene rings is 1. The standard InChI is InChI=1S/C27H41N5O3Si/c1-18(2)35-17-21(19-12-9-8-10-13-19)28-25(34)32-16-20-22(26(32,3)4)30-31-23(20)29-24(33)27(14-11-15-27)36(5,6)7/h8-10,12-13,18,21H,11,14-17H2,1-7H3,(H,28,34)(H2,29,30,31,33). The Labute approximate surface area is 215 Å². The number of nitrogens with zero attached hydrogens (tertiary/aromatic N) is 2. The Morgan fingerprint density at radius 1 is 1.17 bits per heavy atom. The van der Waals surface area contributed by atoms with Crippen LogP contribution in [0.3, 0.4) is 0 Å². The maximum atomic E-state index is 13.6. The first-order valence-corrected chi connectivity index (χ1v) is 16.5. The molecule has 196 valence electrons. The zero-order valence-electron chi connectivity index (χ0n) is 22.7. The molecule has 0 radical (unpaired) electrons. The van der Waals surface area contributed by atoms with E-state index in [2.05, 4.69) is 40.5 Å². The van der Waals surface area contributed by atoms with Gasteiger partial charge in [0.25, 0.3) is 0 Å². The first-order valence-electron chi connectivity index (χ1n) is 13.0. The van der Waals surface area contributed by atoms with Gasteiger partial charge in [-0.2, -0.15) is 5.10 Å². The maximum Gasteiger partial charge on any atom is 0.319 e. The number of hydrogen-bond donors (Lipinski definition) is 3. The van der Waals surface area contributed by atoms with Gasteiger partial charge in [0, 0.05) is 10.6 Å². The number of urea groups is 1. The second kappa shape index (κ2) is 9.66. The van der Waals surface area contributed by atoms with Gasteiger partial charge in [0.05, 0.1) is 44.6 Å². The SMILES string of the molecule is CC(C)OCC(NC(=O)N1Cc2c(NC(=O)C3([Si](C)(C)C)CCC3)n[nH]c2C1(C)C)c1ccccc1. The fourth-order valence-electron chi connectivity index (χ4n) is 5.44. The summed E-state index contributed by atoms with van der Waals surface area (Å²) in [5.74, 6) is 0.628. The van der Waals surface area contributed by atoms with E-state index in [1.54, 1.807) is 4.90 Å². The maximum absolute atomic E-state index is 13.6. The summed E-state index contributed by atoms with van der Waals surface area (Å²) in [7, 11) is -1.71. The van der Waals surface area contributed by atoms with Gasteiger partial charge < -0.3 is 20.3 Å². The second-order valence-electron chi connectivity index (χ2n) is 12.0. The Morgan fingerprint density at radius 2 is 1.83 bits per heavy atom. The van der Waals surface area contributed by atoms with Crippen LogP contribution in [0.4, 0.5) is 10.6 Å². The van der Waals surface area contributed by atoms with Crippen molar-refractivity contribution in [2.45, 2.75) is 95.9 Å². The molecule has 9 heteroatoms. The Balaban J connectivity index is 1.52. The van der Waals surface area contributed by atoms with Crippen molar-refractivity contribution < 1.29 is 14.3 Å². The zero-order valence-corrected chi connectivity index (χ0v) is 23.7. The van der Waals surface area contributed by atoms with Gasteiger partial charge in [0.2, 0.25) is 5.91 Å². The van der Waals surface area contributed by atoms with E-state index in [4.69, 9.17) is 4.74 Å². The molecule has 2 aromatic rings. The monoisotopic (exact) mass is 511 g/mol. The zero-order chi connectivity index (χ0) is 26.3. The van der Waals surface area contributed by atoms with Crippen molar-refractivity contribution in [1.82, 2.24) is 20.4 Å². The summed E-state index contributed by atoms with van der Waals surface area (Å²) in [4.78, 5) is 28.8. The number of carbonyl (C=O) groups is 2. The molecule has 3 N–H and O–H groups in total. The first-order chi connectivity index (χ1) is 16.9. The van der Waals surface area contributed by atoms with Crippen LogP contribution < -0.4 is 10.6 Å². The van der Waals surface area contributed by atoms with Crippen molar-refractivity contribution in [2.24, 2.45) is 0 Å². The van der Waals surface area contributed by atoms with Gasteiger partial charge >= 0.3 is 6.03 Å². The third-order valence-corrected chi connectivity index (χ3v) is 11.7. The lowest BCUT2D eigenvalue weighted by Gasteiger charge is -2.48. The van der Waals surface area contributed by atoms with Crippen molar-refractivity contribution in [3.05, 3.63) is 47.2 Å². The molecule has 1 atom stereocenters. The summed E-state index contributed by atoms with van der Waals surface area (Å²) in [5.41, 5.74) is 2.12. The average molecular weight is 512 g/mol. The molecule has 1 aromatic carbocycles. The summed E-state index contributed by atoms with van der Waals surface area (Å²) < 4.78 is 5.87. The highest BCUT2D eigenvalue weighted by molar-refractivity contribution is 6.83. The van der Waals surface area contributed by atoms with Crippen LogP contribution >= 0.6 is 0 Å². The molecule has 0 saturated heterocycles. The number of carbonyl (C=O) groups excluding carboxylic acids is 2. The van der Waals surface area contributed by atoms with E-state index in [1.807, 2.05) is 58.0 Å². The van der Waals surface area contributed by atoms with Gasteiger partial charge in [0.1, 0.15) is 0 Å². The van der Waals surface area contributed by atoms with Crippen molar-refractivity contribution >= 4 is 25.8 Å². The van der Waals surface area contributed by atoms with E-state index in [9.17, 15) is 9.59 Å². The quantitative estimate of drug-likeness (QED) is 0.405. The molecule has 1 fully saturated rings. The molecule has 1 aliphatic heterocycles. The fourth-order valence-corrected chi connectivity index (χ4v) is 8.04. The predicted octanol–water partition coefficient (Wildman–Crippen LogP) is 5.54. The predicted molar refractivity (Wildman–Crippen MR) is 144 cm³/mol. The third-order valence-electron chi connectivity index (χ3n) is 8.12. The van der Waals surface area contributed by atoms with Gasteiger partial charge in [-0.15, -0.1) is 0 Å². The molecule has 0 bridgehead atoms. The highest BCUT2D eigenvalue weighted by atomic mass is 28.3. The minimum Gasteiger partial charge on any atom is -0.376 e. The average Bonchev–Trinajstić information content (AvgIpc) is 3.27. The lowest BCUT2D eigenvalue weighted by Crippen LogP contribution is -2.52. The van der Waals surface area contributed by atoms with Crippen molar-refractivity contribution in [1.29, 1.82) is 0 Å². The van der Waals surface area contributed by atoms with E-state index in [0.29, 0.717) is 19.0 Å². The second-order valence-corrected chi connectivity index (χ2v) is 17.5. The van der Waals surface area contributed by atoms with Crippen LogP contribution in [-0.2, 0) is 21.6 Å². The Morgan fingerprint density at radius 3 is 2.39 bits per heavy atom. The smallest absolute Gasteiger partial charge is 0.319 e. The summed E-state index contributed by atoms with van der Waals surface area (Å²) in [6.07, 6.45) is 3.05. The number of rotatable bonds is 8. The Kier molecular flexibility index (Phi) is 7.09. The first kappa shape index (κ1) is 26.4. The van der Waals surface area contributed by atoms with E-state index >= 15 is 0 Å². The van der Waals surface area contributed by atoms with Gasteiger partial charge in [0.15, 0.2) is 5.82 Å². The van der Waals surface area contributed by atoms with Crippen LogP contribution in [0.25, 0.3) is 0 Å². The van der Waals surface area contributed by atoms with Crippen molar-refractivity contribution in [3.8, 4) is 0 Å². The number of amides is 3. The Bertz CT molecular complexity index is 1100. The molecule has 3 amide bonds. The largest absolute Gasteiger partial charge is 0.376 e. The van der Waals surface area contributed by atoms with Gasteiger partial charge in [-0.3, -0.25) is 9.89 Å². The summed E-state index contributed by atoms with van der Waals surface area (Å²) in [6, 6.07) is 9.43. The fraction of sp³-hybridized carbons (Fsp3) is 0.593. The number of ether oxygens (including phenoxy) is 1. The number of fused-ring (bicyclic) bond motifs is 1. The van der Waals surface area contributed by atoms with Crippen LogP contribution in [0.2, 0.25) is 24.7 Å². The van der Waals surface area contributed by atoms with Crippen LogP contribution in [0.5, 0.6) is 0 Å². The Hall–Kier alpha value is -2.65. The minimum absolute atomic E-state index is 0.0588. The number of hydrogen-bond acceptors (Lipinski definition) is 4. The number of aromatic amines is 1. The number of aromatic nitrogens is 2. The van der Waals surface area contributed by atoms with Gasteiger partial charge in [-0.1, -0.05) is 56.4 Å². The molecular weight excluding hydrogens is 470 g/mol. The molecule has 0 spiro atoms. The highest BCUT2D eigenvalue weighted by Crippen LogP contribution is 2.56. The molecule has 8 nitrogen and oxygen atoms in total. The number of H-pyrrole nitrogens is 1. The van der Waals surface area contributed by atoms with Crippen molar-refractivity contribution in [2.75, 3.05) is 11.9 Å². The molecule has 4 rings (SSSR count). The van der Waals surface area contributed by atoms with Crippen LogP contribution in [-0.4, -0.2) is 47.8 Å². The molecule has 2 heterocycles.